The van der Waals surface area contributed by atoms with Crippen LogP contribution in [0.5, 0.6) is 0 Å². The van der Waals surface area contributed by atoms with E-state index in [4.69, 9.17) is 4.74 Å². The topological polar surface area (TPSA) is 29.5 Å². The Morgan fingerprint density at radius 1 is 1.47 bits per heavy atom. The first-order valence-corrected chi connectivity index (χ1v) is 6.60. The van der Waals surface area contributed by atoms with Gasteiger partial charge in [-0.25, -0.2) is 4.79 Å². The Morgan fingerprint density at radius 3 is 2.76 bits per heavy atom. The largest absolute Gasteiger partial charge is 0.444 e. The number of hydrogen-bond donors (Lipinski definition) is 0. The summed E-state index contributed by atoms with van der Waals surface area (Å²) < 4.78 is 5.41. The van der Waals surface area contributed by atoms with Gasteiger partial charge in [-0.2, -0.15) is 0 Å². The molecule has 3 heteroatoms. The Bertz CT molecular complexity index is 278. The molecule has 0 spiro atoms. The van der Waals surface area contributed by atoms with Gasteiger partial charge in [0, 0.05) is 6.54 Å². The van der Waals surface area contributed by atoms with Crippen LogP contribution in [0.2, 0.25) is 0 Å². The number of ether oxygens (including phenoxy) is 1. The molecule has 0 N–H and O–H groups in total. The second kappa shape index (κ2) is 6.08. The second-order valence-corrected chi connectivity index (χ2v) is 5.60. The van der Waals surface area contributed by atoms with Crippen molar-refractivity contribution < 1.29 is 9.53 Å². The quantitative estimate of drug-likeness (QED) is 0.702. The highest BCUT2D eigenvalue weighted by Gasteiger charge is 2.30. The van der Waals surface area contributed by atoms with E-state index in [1.165, 1.54) is 0 Å². The van der Waals surface area contributed by atoms with E-state index >= 15 is 0 Å². The van der Waals surface area contributed by atoms with Crippen LogP contribution in [0.25, 0.3) is 0 Å². The summed E-state index contributed by atoms with van der Waals surface area (Å²) in [4.78, 5) is 13.8. The summed E-state index contributed by atoms with van der Waals surface area (Å²) in [6, 6.07) is 0.233. The van der Waals surface area contributed by atoms with E-state index < -0.39 is 5.60 Å². The van der Waals surface area contributed by atoms with E-state index in [2.05, 4.69) is 19.1 Å². The standard InChI is InChI=1S/C14H25NO2/c1-5-6-7-9-12-10-8-11-15(12)13(16)17-14(2,3)4/h7,9,12H,5-6,8,10-11H2,1-4H3/b9-7+. The van der Waals surface area contributed by atoms with Crippen LogP contribution in [0.4, 0.5) is 4.79 Å². The van der Waals surface area contributed by atoms with E-state index in [1.54, 1.807) is 0 Å². The summed E-state index contributed by atoms with van der Waals surface area (Å²) in [5.74, 6) is 0. The third kappa shape index (κ3) is 4.80. The van der Waals surface area contributed by atoms with Crippen molar-refractivity contribution in [3.05, 3.63) is 12.2 Å². The van der Waals surface area contributed by atoms with Gasteiger partial charge in [0.1, 0.15) is 5.60 Å². The Balaban J connectivity index is 2.54. The molecule has 0 aliphatic carbocycles. The number of hydrogen-bond acceptors (Lipinski definition) is 2. The molecule has 1 rings (SSSR count). The van der Waals surface area contributed by atoms with Crippen LogP contribution in [-0.2, 0) is 4.74 Å². The average Bonchev–Trinajstić information content (AvgIpc) is 2.64. The number of nitrogens with zero attached hydrogens (tertiary/aromatic N) is 1. The number of unbranched alkanes of at least 4 members (excludes halogenated alkanes) is 1. The molecular weight excluding hydrogens is 214 g/mol. The Labute approximate surface area is 105 Å². The highest BCUT2D eigenvalue weighted by Crippen LogP contribution is 2.21. The molecule has 0 bridgehead atoms. The minimum Gasteiger partial charge on any atom is -0.444 e. The molecule has 1 aliphatic heterocycles. The highest BCUT2D eigenvalue weighted by molar-refractivity contribution is 5.69. The van der Waals surface area contributed by atoms with Crippen molar-refractivity contribution in [2.24, 2.45) is 0 Å². The van der Waals surface area contributed by atoms with Crippen LogP contribution in [0.3, 0.4) is 0 Å². The summed E-state index contributed by atoms with van der Waals surface area (Å²) >= 11 is 0. The lowest BCUT2D eigenvalue weighted by atomic mass is 10.2. The normalized spacial score (nSPS) is 21.2. The SMILES string of the molecule is CCC/C=C/C1CCCN1C(=O)OC(C)(C)C. The molecule has 1 amide bonds. The molecule has 3 nitrogen and oxygen atoms in total. The highest BCUT2D eigenvalue weighted by atomic mass is 16.6. The van der Waals surface area contributed by atoms with Crippen LogP contribution in [0.15, 0.2) is 12.2 Å². The van der Waals surface area contributed by atoms with Crippen LogP contribution in [0.1, 0.15) is 53.4 Å². The zero-order valence-electron chi connectivity index (χ0n) is 11.5. The molecule has 0 saturated carbocycles. The first-order chi connectivity index (χ1) is 7.94. The second-order valence-electron chi connectivity index (χ2n) is 5.60. The van der Waals surface area contributed by atoms with Crippen molar-refractivity contribution in [2.45, 2.75) is 65.0 Å². The van der Waals surface area contributed by atoms with Gasteiger partial charge in [-0.3, -0.25) is 0 Å². The predicted octanol–water partition coefficient (Wildman–Crippen LogP) is 3.74. The molecule has 0 aromatic carbocycles. The van der Waals surface area contributed by atoms with Gasteiger partial charge in [0.25, 0.3) is 0 Å². The minimum absolute atomic E-state index is 0.179. The maximum atomic E-state index is 12.0. The number of amides is 1. The lowest BCUT2D eigenvalue weighted by Gasteiger charge is -2.27. The number of rotatable bonds is 3. The molecule has 1 atom stereocenters. The van der Waals surface area contributed by atoms with Crippen LogP contribution in [-0.4, -0.2) is 29.2 Å². The van der Waals surface area contributed by atoms with E-state index in [9.17, 15) is 4.79 Å². The first-order valence-electron chi connectivity index (χ1n) is 6.60. The zero-order valence-corrected chi connectivity index (χ0v) is 11.5. The summed E-state index contributed by atoms with van der Waals surface area (Å²) in [6.07, 6.45) is 8.50. The van der Waals surface area contributed by atoms with Gasteiger partial charge in [-0.05, 0) is 40.0 Å². The third-order valence-corrected chi connectivity index (χ3v) is 2.74. The lowest BCUT2D eigenvalue weighted by molar-refractivity contribution is 0.0256. The van der Waals surface area contributed by atoms with E-state index in [0.29, 0.717) is 0 Å². The number of carbonyl (C=O) groups is 1. The molecule has 98 valence electrons. The molecule has 1 unspecified atom stereocenters. The Kier molecular flexibility index (Phi) is 5.03. The Morgan fingerprint density at radius 2 is 2.18 bits per heavy atom. The van der Waals surface area contributed by atoms with E-state index in [0.717, 1.165) is 32.2 Å². The van der Waals surface area contributed by atoms with Crippen LogP contribution < -0.4 is 0 Å². The molecule has 0 aromatic heterocycles. The molecule has 17 heavy (non-hydrogen) atoms. The molecular formula is C14H25NO2. The average molecular weight is 239 g/mol. The molecule has 0 aromatic rings. The van der Waals surface area contributed by atoms with Crippen molar-refractivity contribution >= 4 is 6.09 Å². The van der Waals surface area contributed by atoms with Crippen molar-refractivity contribution in [3.8, 4) is 0 Å². The fourth-order valence-electron chi connectivity index (χ4n) is 1.96. The summed E-state index contributed by atoms with van der Waals surface area (Å²) in [5.41, 5.74) is -0.405. The maximum Gasteiger partial charge on any atom is 0.410 e. The van der Waals surface area contributed by atoms with Gasteiger partial charge in [-0.1, -0.05) is 25.5 Å². The van der Waals surface area contributed by atoms with E-state index in [-0.39, 0.29) is 12.1 Å². The van der Waals surface area contributed by atoms with Crippen molar-refractivity contribution in [1.29, 1.82) is 0 Å². The first kappa shape index (κ1) is 14.1. The van der Waals surface area contributed by atoms with Crippen LogP contribution in [0, 0.1) is 0 Å². The van der Waals surface area contributed by atoms with Gasteiger partial charge in [0.15, 0.2) is 0 Å². The summed E-state index contributed by atoms with van der Waals surface area (Å²) in [7, 11) is 0. The molecule has 1 heterocycles. The number of allylic oxidation sites excluding steroid dienone is 1. The van der Waals surface area contributed by atoms with Gasteiger partial charge < -0.3 is 9.64 Å². The maximum absolute atomic E-state index is 12.0. The predicted molar refractivity (Wildman–Crippen MR) is 70.0 cm³/mol. The fraction of sp³-hybridized carbons (Fsp3) is 0.786. The van der Waals surface area contributed by atoms with Gasteiger partial charge in [0.2, 0.25) is 0 Å². The van der Waals surface area contributed by atoms with Gasteiger partial charge >= 0.3 is 6.09 Å². The molecule has 1 saturated heterocycles. The van der Waals surface area contributed by atoms with Crippen LogP contribution >= 0.6 is 0 Å². The summed E-state index contributed by atoms with van der Waals surface area (Å²) in [6.45, 7) is 8.69. The van der Waals surface area contributed by atoms with E-state index in [1.807, 2.05) is 25.7 Å². The Hall–Kier alpha value is -0.990. The monoisotopic (exact) mass is 239 g/mol. The molecule has 1 fully saturated rings. The minimum atomic E-state index is -0.405. The lowest BCUT2D eigenvalue weighted by Crippen LogP contribution is -2.39. The summed E-state index contributed by atoms with van der Waals surface area (Å²) in [5, 5.41) is 0. The zero-order chi connectivity index (χ0) is 12.9. The van der Waals surface area contributed by atoms with Gasteiger partial charge in [-0.15, -0.1) is 0 Å². The van der Waals surface area contributed by atoms with Crippen molar-refractivity contribution in [1.82, 2.24) is 4.90 Å². The smallest absolute Gasteiger partial charge is 0.410 e. The van der Waals surface area contributed by atoms with Gasteiger partial charge in [0.05, 0.1) is 6.04 Å². The number of likely N-dealkylation sites (tertiary alicyclic amines) is 1. The van der Waals surface area contributed by atoms with Crippen molar-refractivity contribution in [2.75, 3.05) is 6.54 Å². The molecule has 0 radical (unpaired) electrons. The van der Waals surface area contributed by atoms with Crippen molar-refractivity contribution in [3.63, 3.8) is 0 Å². The fourth-order valence-corrected chi connectivity index (χ4v) is 1.96. The molecule has 1 aliphatic rings. The number of carbonyl (C=O) groups excluding carboxylic acids is 1. The third-order valence-electron chi connectivity index (χ3n) is 2.74.